The molecule has 13 heavy (non-hydrogen) atoms. The summed E-state index contributed by atoms with van der Waals surface area (Å²) in [5, 5.41) is 8.63. The molecule has 0 amide bonds. The van der Waals surface area contributed by atoms with Crippen molar-refractivity contribution in [2.24, 2.45) is 0 Å². The van der Waals surface area contributed by atoms with Gasteiger partial charge in [0.1, 0.15) is 5.69 Å². The number of nitrogens with zero attached hydrogens (tertiary/aromatic N) is 4. The van der Waals surface area contributed by atoms with Crippen LogP contribution in [-0.2, 0) is 0 Å². The lowest BCUT2D eigenvalue weighted by Crippen LogP contribution is -2.17. The summed E-state index contributed by atoms with van der Waals surface area (Å²) in [4.78, 5) is 14.6. The highest BCUT2D eigenvalue weighted by Crippen LogP contribution is 2.05. The number of halogens is 1. The molecular formula is C6H4FN5O. The summed E-state index contributed by atoms with van der Waals surface area (Å²) >= 11 is 0. The molecule has 1 N–H and O–H groups in total. The number of nitrogens with one attached hydrogen (secondary N) is 1. The maximum absolute atomic E-state index is 13.1. The van der Waals surface area contributed by atoms with E-state index in [-0.39, 0.29) is 5.69 Å². The molecule has 0 fully saturated rings. The molecule has 0 saturated carbocycles. The quantitative estimate of drug-likeness (QED) is 0.642. The first kappa shape index (κ1) is 7.59. The molecule has 6 nitrogen and oxygen atoms in total. The summed E-state index contributed by atoms with van der Waals surface area (Å²) in [5.41, 5.74) is -0.631. The van der Waals surface area contributed by atoms with E-state index in [1.807, 2.05) is 5.10 Å². The van der Waals surface area contributed by atoms with Gasteiger partial charge < -0.3 is 0 Å². The molecule has 0 spiro atoms. The van der Waals surface area contributed by atoms with E-state index in [0.29, 0.717) is 0 Å². The van der Waals surface area contributed by atoms with E-state index in [4.69, 9.17) is 0 Å². The molecule has 0 saturated heterocycles. The highest BCUT2D eigenvalue weighted by Gasteiger charge is 2.07. The Bertz CT molecular complexity index is 476. The van der Waals surface area contributed by atoms with Crippen molar-refractivity contribution in [2.45, 2.75) is 0 Å². The van der Waals surface area contributed by atoms with Crippen LogP contribution in [0.25, 0.3) is 5.69 Å². The maximum Gasteiger partial charge on any atom is 0.366 e. The van der Waals surface area contributed by atoms with Gasteiger partial charge >= 0.3 is 5.69 Å². The Hall–Kier alpha value is -2.05. The minimum atomic E-state index is -0.605. The van der Waals surface area contributed by atoms with Gasteiger partial charge in [0.15, 0.2) is 5.82 Å². The second kappa shape index (κ2) is 2.77. The minimum Gasteiger partial charge on any atom is -0.262 e. The molecule has 0 aliphatic carbocycles. The largest absolute Gasteiger partial charge is 0.366 e. The van der Waals surface area contributed by atoms with Crippen molar-refractivity contribution in [2.75, 3.05) is 0 Å². The van der Waals surface area contributed by atoms with Crippen LogP contribution < -0.4 is 5.69 Å². The standard InChI is InChI=1S/C6H4FN5O/c7-4-1-2-8-3-5(4)12-6(13)9-10-11-12/h1-3H,(H,9,11,13). The molecule has 0 aliphatic heterocycles. The first-order valence-electron chi connectivity index (χ1n) is 3.39. The van der Waals surface area contributed by atoms with Crippen LogP contribution in [0.3, 0.4) is 0 Å². The van der Waals surface area contributed by atoms with Gasteiger partial charge in [-0.3, -0.25) is 4.98 Å². The molecule has 2 aromatic heterocycles. The SMILES string of the molecule is O=c1[nH]nnn1-c1cnccc1F. The van der Waals surface area contributed by atoms with Gasteiger partial charge in [0.2, 0.25) is 0 Å². The Morgan fingerprint density at radius 2 is 2.38 bits per heavy atom. The van der Waals surface area contributed by atoms with Crippen LogP contribution in [0.5, 0.6) is 0 Å². The number of rotatable bonds is 1. The van der Waals surface area contributed by atoms with Crippen molar-refractivity contribution >= 4 is 0 Å². The summed E-state index contributed by atoms with van der Waals surface area (Å²) in [7, 11) is 0. The van der Waals surface area contributed by atoms with Crippen LogP contribution in [0.1, 0.15) is 0 Å². The van der Waals surface area contributed by atoms with Gasteiger partial charge in [-0.05, 0) is 16.5 Å². The number of H-pyrrole nitrogens is 1. The molecule has 2 rings (SSSR count). The van der Waals surface area contributed by atoms with E-state index in [9.17, 15) is 9.18 Å². The highest BCUT2D eigenvalue weighted by atomic mass is 19.1. The average molecular weight is 181 g/mol. The van der Waals surface area contributed by atoms with Crippen molar-refractivity contribution < 1.29 is 4.39 Å². The van der Waals surface area contributed by atoms with E-state index in [0.717, 1.165) is 10.7 Å². The molecule has 0 unspecified atom stereocenters. The summed E-state index contributed by atoms with van der Waals surface area (Å²) < 4.78 is 13.8. The number of pyridine rings is 1. The molecule has 7 heteroatoms. The highest BCUT2D eigenvalue weighted by molar-refractivity contribution is 5.27. The number of aromatic nitrogens is 5. The number of aromatic amines is 1. The molecule has 0 atom stereocenters. The molecule has 2 aromatic rings. The normalized spacial score (nSPS) is 10.2. The van der Waals surface area contributed by atoms with Crippen LogP contribution in [0.15, 0.2) is 23.3 Å². The Morgan fingerprint density at radius 3 is 3.00 bits per heavy atom. The fraction of sp³-hybridized carbons (Fsp3) is 0. The van der Waals surface area contributed by atoms with Gasteiger partial charge in [-0.1, -0.05) is 0 Å². The summed E-state index contributed by atoms with van der Waals surface area (Å²) in [5.74, 6) is -0.578. The minimum absolute atomic E-state index is 0.0266. The van der Waals surface area contributed by atoms with E-state index in [2.05, 4.69) is 15.4 Å². The topological polar surface area (TPSA) is 76.5 Å². The Kier molecular flexibility index (Phi) is 1.62. The Morgan fingerprint density at radius 1 is 1.54 bits per heavy atom. The van der Waals surface area contributed by atoms with Gasteiger partial charge in [-0.2, -0.15) is 4.68 Å². The predicted molar refractivity (Wildman–Crippen MR) is 39.7 cm³/mol. The summed E-state index contributed by atoms with van der Waals surface area (Å²) in [6, 6.07) is 1.14. The van der Waals surface area contributed by atoms with Gasteiger partial charge in [0.25, 0.3) is 0 Å². The first-order valence-corrected chi connectivity index (χ1v) is 3.39. The number of hydrogen-bond donors (Lipinski definition) is 1. The zero-order chi connectivity index (χ0) is 9.26. The van der Waals surface area contributed by atoms with Crippen LogP contribution in [0.4, 0.5) is 4.39 Å². The van der Waals surface area contributed by atoms with Crippen molar-refractivity contribution in [1.29, 1.82) is 0 Å². The van der Waals surface area contributed by atoms with Crippen LogP contribution >= 0.6 is 0 Å². The van der Waals surface area contributed by atoms with Crippen LogP contribution in [0.2, 0.25) is 0 Å². The van der Waals surface area contributed by atoms with E-state index < -0.39 is 11.5 Å². The molecule has 2 heterocycles. The fourth-order valence-corrected chi connectivity index (χ4v) is 0.880. The molecule has 0 radical (unpaired) electrons. The smallest absolute Gasteiger partial charge is 0.262 e. The van der Waals surface area contributed by atoms with Gasteiger partial charge in [-0.25, -0.2) is 14.3 Å². The van der Waals surface area contributed by atoms with Gasteiger partial charge in [-0.15, -0.1) is 0 Å². The third-order valence-electron chi connectivity index (χ3n) is 1.45. The van der Waals surface area contributed by atoms with Crippen molar-refractivity contribution in [3.63, 3.8) is 0 Å². The number of hydrogen-bond acceptors (Lipinski definition) is 4. The second-order valence-electron chi connectivity index (χ2n) is 2.25. The van der Waals surface area contributed by atoms with Crippen molar-refractivity contribution in [1.82, 2.24) is 25.2 Å². The van der Waals surface area contributed by atoms with Gasteiger partial charge in [0, 0.05) is 6.20 Å². The predicted octanol–water partition coefficient (Wildman–Crippen LogP) is -0.510. The van der Waals surface area contributed by atoms with Crippen LogP contribution in [-0.4, -0.2) is 25.2 Å². The Labute approximate surface area is 71.0 Å². The lowest BCUT2D eigenvalue weighted by atomic mass is 10.4. The number of tetrazole rings is 1. The summed E-state index contributed by atoms with van der Waals surface area (Å²) in [6.07, 6.45) is 2.48. The third-order valence-corrected chi connectivity index (χ3v) is 1.45. The van der Waals surface area contributed by atoms with Crippen molar-refractivity contribution in [3.05, 3.63) is 34.8 Å². The lowest BCUT2D eigenvalue weighted by molar-refractivity contribution is 0.601. The zero-order valence-corrected chi connectivity index (χ0v) is 6.31. The maximum atomic E-state index is 13.1. The van der Waals surface area contributed by atoms with Crippen molar-refractivity contribution in [3.8, 4) is 5.69 Å². The zero-order valence-electron chi connectivity index (χ0n) is 6.31. The third kappa shape index (κ3) is 1.19. The van der Waals surface area contributed by atoms with Crippen LogP contribution in [0, 0.1) is 5.82 Å². The second-order valence-corrected chi connectivity index (χ2v) is 2.25. The Balaban J connectivity index is 2.66. The molecule has 0 aliphatic rings. The van der Waals surface area contributed by atoms with E-state index in [1.165, 1.54) is 12.4 Å². The molecular weight excluding hydrogens is 177 g/mol. The molecule has 0 bridgehead atoms. The van der Waals surface area contributed by atoms with Gasteiger partial charge in [0.05, 0.1) is 6.20 Å². The monoisotopic (exact) mass is 181 g/mol. The lowest BCUT2D eigenvalue weighted by Gasteiger charge is -1.96. The fourth-order valence-electron chi connectivity index (χ4n) is 0.880. The first-order chi connectivity index (χ1) is 6.29. The summed E-state index contributed by atoms with van der Waals surface area (Å²) in [6.45, 7) is 0. The molecule has 66 valence electrons. The van der Waals surface area contributed by atoms with E-state index >= 15 is 0 Å². The molecule has 0 aromatic carbocycles. The average Bonchev–Trinajstić information content (AvgIpc) is 2.52. The van der Waals surface area contributed by atoms with E-state index in [1.54, 1.807) is 0 Å².